The lowest BCUT2D eigenvalue weighted by Gasteiger charge is -2.27. The molecule has 0 saturated carbocycles. The van der Waals surface area contributed by atoms with Crippen molar-refractivity contribution in [2.45, 2.75) is 46.6 Å². The number of hydrogen-bond donors (Lipinski definition) is 0. The number of carbonyl (C=O) groups excluding carboxylic acids is 2. The predicted molar refractivity (Wildman–Crippen MR) is 109 cm³/mol. The first-order valence-electron chi connectivity index (χ1n) is 9.44. The van der Waals surface area contributed by atoms with Crippen molar-refractivity contribution in [2.75, 3.05) is 0 Å². The summed E-state index contributed by atoms with van der Waals surface area (Å²) in [6.07, 6.45) is 2.94. The van der Waals surface area contributed by atoms with E-state index >= 15 is 0 Å². The number of nitrogens with zero attached hydrogens (tertiary/aromatic N) is 1. The number of carbonyl (C=O) groups is 2. The molecule has 0 aliphatic carbocycles. The maximum Gasteiger partial charge on any atom is 0.256 e. The van der Waals surface area contributed by atoms with E-state index < -0.39 is 0 Å². The first-order valence-corrected chi connectivity index (χ1v) is 9.44. The van der Waals surface area contributed by atoms with Crippen LogP contribution in [0.3, 0.4) is 0 Å². The molecule has 0 saturated heterocycles. The van der Waals surface area contributed by atoms with Gasteiger partial charge in [0.25, 0.3) is 5.91 Å². The minimum atomic E-state index is -0.199. The fraction of sp³-hybridized carbons (Fsp3) is 0.333. The second kappa shape index (κ2) is 7.51. The van der Waals surface area contributed by atoms with Crippen LogP contribution < -0.4 is 0 Å². The molecule has 0 spiro atoms. The van der Waals surface area contributed by atoms with Gasteiger partial charge in [0.15, 0.2) is 0 Å². The summed E-state index contributed by atoms with van der Waals surface area (Å²) in [5.74, 6) is -0.248. The number of hydrogen-bond acceptors (Lipinski definition) is 2. The Bertz CT molecular complexity index is 858. The second-order valence-corrected chi connectivity index (χ2v) is 8.49. The molecule has 3 nitrogen and oxygen atoms in total. The maximum absolute atomic E-state index is 12.7. The SMILES string of the molecule is CC1=C[C@@H](Cc2ccc(-c3ccccc3)cc2)N(C(=O)CC(C)(C)C)C1=O. The highest BCUT2D eigenvalue weighted by molar-refractivity contribution is 6.06. The van der Waals surface area contributed by atoms with Crippen molar-refractivity contribution in [3.05, 3.63) is 71.8 Å². The van der Waals surface area contributed by atoms with E-state index in [2.05, 4.69) is 36.4 Å². The van der Waals surface area contributed by atoms with Crippen LogP contribution in [0.1, 0.15) is 39.7 Å². The van der Waals surface area contributed by atoms with E-state index in [9.17, 15) is 9.59 Å². The fourth-order valence-corrected chi connectivity index (χ4v) is 3.47. The van der Waals surface area contributed by atoms with Crippen molar-refractivity contribution in [1.82, 2.24) is 4.90 Å². The van der Waals surface area contributed by atoms with Gasteiger partial charge in [-0.25, -0.2) is 0 Å². The van der Waals surface area contributed by atoms with Crippen LogP contribution in [-0.4, -0.2) is 22.8 Å². The van der Waals surface area contributed by atoms with Gasteiger partial charge < -0.3 is 0 Å². The van der Waals surface area contributed by atoms with Gasteiger partial charge in [-0.3, -0.25) is 14.5 Å². The van der Waals surface area contributed by atoms with E-state index in [0.29, 0.717) is 18.4 Å². The summed E-state index contributed by atoms with van der Waals surface area (Å²) in [6.45, 7) is 7.84. The minimum absolute atomic E-state index is 0.0912. The number of imide groups is 1. The van der Waals surface area contributed by atoms with E-state index in [1.165, 1.54) is 10.5 Å². The zero-order valence-corrected chi connectivity index (χ0v) is 16.5. The lowest BCUT2D eigenvalue weighted by atomic mass is 9.91. The summed E-state index contributed by atoms with van der Waals surface area (Å²) in [4.78, 5) is 26.7. The Hall–Kier alpha value is -2.68. The van der Waals surface area contributed by atoms with Gasteiger partial charge in [-0.2, -0.15) is 0 Å². The largest absolute Gasteiger partial charge is 0.274 e. The van der Waals surface area contributed by atoms with Crippen LogP contribution in [0.15, 0.2) is 66.2 Å². The molecular formula is C24H27NO2. The standard InChI is InChI=1S/C24H27NO2/c1-17-14-21(25(23(17)27)22(26)16-24(2,3)4)15-18-10-12-20(13-11-18)19-8-6-5-7-9-19/h5-14,21H,15-16H2,1-4H3/t21-/m0/s1. The third-order valence-corrected chi connectivity index (χ3v) is 4.79. The topological polar surface area (TPSA) is 37.4 Å². The maximum atomic E-state index is 12.7. The number of benzene rings is 2. The molecule has 1 aliphatic heterocycles. The summed E-state index contributed by atoms with van der Waals surface area (Å²) >= 11 is 0. The normalized spacial score (nSPS) is 17.2. The minimum Gasteiger partial charge on any atom is -0.274 e. The van der Waals surface area contributed by atoms with Gasteiger partial charge in [0.1, 0.15) is 0 Å². The van der Waals surface area contributed by atoms with Gasteiger partial charge in [0, 0.05) is 12.0 Å². The van der Waals surface area contributed by atoms with Gasteiger partial charge in [-0.05, 0) is 35.4 Å². The van der Waals surface area contributed by atoms with E-state index in [4.69, 9.17) is 0 Å². The van der Waals surface area contributed by atoms with Crippen molar-refractivity contribution in [3.63, 3.8) is 0 Å². The molecule has 0 N–H and O–H groups in total. The Morgan fingerprint density at radius 2 is 1.56 bits per heavy atom. The summed E-state index contributed by atoms with van der Waals surface area (Å²) in [5.41, 5.74) is 3.97. The van der Waals surface area contributed by atoms with Crippen LogP contribution in [0.5, 0.6) is 0 Å². The lowest BCUT2D eigenvalue weighted by molar-refractivity contribution is -0.144. The van der Waals surface area contributed by atoms with Crippen molar-refractivity contribution in [2.24, 2.45) is 5.41 Å². The monoisotopic (exact) mass is 361 g/mol. The zero-order valence-electron chi connectivity index (χ0n) is 16.5. The van der Waals surface area contributed by atoms with Crippen molar-refractivity contribution in [3.8, 4) is 11.1 Å². The Balaban J connectivity index is 1.76. The Labute approximate surface area is 161 Å². The first kappa shape index (κ1) is 19.1. The summed E-state index contributed by atoms with van der Waals surface area (Å²) in [7, 11) is 0. The molecule has 1 heterocycles. The average Bonchev–Trinajstić information content (AvgIpc) is 2.89. The molecule has 2 aromatic carbocycles. The molecule has 0 unspecified atom stereocenters. The Kier molecular flexibility index (Phi) is 5.31. The van der Waals surface area contributed by atoms with Crippen molar-refractivity contribution >= 4 is 11.8 Å². The molecule has 0 bridgehead atoms. The Morgan fingerprint density at radius 3 is 2.15 bits per heavy atom. The average molecular weight is 361 g/mol. The van der Waals surface area contributed by atoms with E-state index in [1.807, 2.05) is 45.0 Å². The van der Waals surface area contributed by atoms with Crippen LogP contribution in [0.25, 0.3) is 11.1 Å². The highest BCUT2D eigenvalue weighted by atomic mass is 16.2. The second-order valence-electron chi connectivity index (χ2n) is 8.49. The van der Waals surface area contributed by atoms with Crippen LogP contribution in [-0.2, 0) is 16.0 Å². The molecule has 3 rings (SSSR count). The van der Waals surface area contributed by atoms with Gasteiger partial charge in [0.05, 0.1) is 6.04 Å². The molecule has 27 heavy (non-hydrogen) atoms. The zero-order chi connectivity index (χ0) is 19.6. The van der Waals surface area contributed by atoms with Crippen molar-refractivity contribution in [1.29, 1.82) is 0 Å². The molecule has 2 amide bonds. The van der Waals surface area contributed by atoms with E-state index in [1.54, 1.807) is 6.92 Å². The van der Waals surface area contributed by atoms with Crippen molar-refractivity contribution < 1.29 is 9.59 Å². The molecule has 0 radical (unpaired) electrons. The van der Waals surface area contributed by atoms with E-state index in [-0.39, 0.29) is 23.3 Å². The molecule has 140 valence electrons. The quantitative estimate of drug-likeness (QED) is 0.767. The third kappa shape index (κ3) is 4.54. The van der Waals surface area contributed by atoms with Crippen LogP contribution in [0.4, 0.5) is 0 Å². The smallest absolute Gasteiger partial charge is 0.256 e. The Morgan fingerprint density at radius 1 is 0.963 bits per heavy atom. The summed E-state index contributed by atoms with van der Waals surface area (Å²) in [6, 6.07) is 18.4. The fourth-order valence-electron chi connectivity index (χ4n) is 3.47. The van der Waals surface area contributed by atoms with Gasteiger partial charge >= 0.3 is 0 Å². The van der Waals surface area contributed by atoms with E-state index in [0.717, 1.165) is 11.1 Å². The van der Waals surface area contributed by atoms with Gasteiger partial charge in [-0.15, -0.1) is 0 Å². The summed E-state index contributed by atoms with van der Waals surface area (Å²) < 4.78 is 0. The number of rotatable bonds is 4. The van der Waals surface area contributed by atoms with Gasteiger partial charge in [-0.1, -0.05) is 81.4 Å². The molecule has 2 aromatic rings. The molecule has 0 aromatic heterocycles. The predicted octanol–water partition coefficient (Wildman–Crippen LogP) is 5.02. The number of amides is 2. The molecule has 3 heteroatoms. The van der Waals surface area contributed by atoms with Gasteiger partial charge in [0.2, 0.25) is 5.91 Å². The lowest BCUT2D eigenvalue weighted by Crippen LogP contribution is -2.42. The molecule has 1 aliphatic rings. The molecular weight excluding hydrogens is 334 g/mol. The first-order chi connectivity index (χ1) is 12.7. The molecule has 1 atom stereocenters. The summed E-state index contributed by atoms with van der Waals surface area (Å²) in [5, 5.41) is 0. The van der Waals surface area contributed by atoms with Crippen LogP contribution >= 0.6 is 0 Å². The molecule has 0 fully saturated rings. The highest BCUT2D eigenvalue weighted by Gasteiger charge is 2.36. The van der Waals surface area contributed by atoms with Crippen LogP contribution in [0.2, 0.25) is 0 Å². The highest BCUT2D eigenvalue weighted by Crippen LogP contribution is 2.27. The van der Waals surface area contributed by atoms with Crippen LogP contribution in [0, 0.1) is 5.41 Å². The third-order valence-electron chi connectivity index (χ3n) is 4.79.